The third kappa shape index (κ3) is 4.62. The van der Waals surface area contributed by atoms with Gasteiger partial charge in [-0.15, -0.1) is 11.6 Å². The molecule has 0 fully saturated rings. The maximum Gasteiger partial charge on any atom is 0.336 e. The Hall–Kier alpha value is -1.77. The molecule has 0 bridgehead atoms. The number of carbonyl (C=O) groups excluding carboxylic acids is 2. The Morgan fingerprint density at radius 3 is 2.61 bits per heavy atom. The van der Waals surface area contributed by atoms with E-state index in [1.165, 1.54) is 29.7 Å². The van der Waals surface area contributed by atoms with Crippen molar-refractivity contribution >= 4 is 35.1 Å². The van der Waals surface area contributed by atoms with Crippen LogP contribution >= 0.6 is 23.4 Å². The van der Waals surface area contributed by atoms with E-state index in [-0.39, 0.29) is 11.7 Å². The van der Waals surface area contributed by atoms with E-state index in [1.807, 2.05) is 0 Å². The molecule has 0 aromatic heterocycles. The summed E-state index contributed by atoms with van der Waals surface area (Å²) in [5, 5.41) is 11.4. The highest BCUT2D eigenvalue weighted by atomic mass is 35.5. The summed E-state index contributed by atoms with van der Waals surface area (Å²) in [7, 11) is 0. The Balaban J connectivity index is 2.61. The van der Waals surface area contributed by atoms with E-state index in [0.717, 1.165) is 17.8 Å². The van der Waals surface area contributed by atoms with E-state index < -0.39 is 5.97 Å². The van der Waals surface area contributed by atoms with Gasteiger partial charge in [-0.25, -0.2) is 4.79 Å². The smallest absolute Gasteiger partial charge is 0.336 e. The molecule has 1 aromatic carbocycles. The number of benzene rings is 1. The minimum absolute atomic E-state index is 0.0900. The molecule has 0 aliphatic heterocycles. The monoisotopic (exact) mass is 281 g/mol. The minimum Gasteiger partial charge on any atom is -0.423 e. The summed E-state index contributed by atoms with van der Waals surface area (Å²) in [6.45, 7) is 0. The third-order valence-corrected chi connectivity index (χ3v) is 2.46. The molecule has 1 rings (SSSR count). The number of nitrogens with zero attached hydrogens (tertiary/aromatic N) is 1. The van der Waals surface area contributed by atoms with Gasteiger partial charge >= 0.3 is 5.97 Å². The van der Waals surface area contributed by atoms with Gasteiger partial charge < -0.3 is 4.74 Å². The Morgan fingerprint density at radius 1 is 1.39 bits per heavy atom. The highest BCUT2D eigenvalue weighted by Gasteiger charge is 2.05. The van der Waals surface area contributed by atoms with E-state index in [0.29, 0.717) is 11.3 Å². The lowest BCUT2D eigenvalue weighted by atomic mass is 10.1. The van der Waals surface area contributed by atoms with Crippen LogP contribution in [-0.4, -0.2) is 17.6 Å². The molecule has 0 unspecified atom stereocenters. The van der Waals surface area contributed by atoms with Gasteiger partial charge in [0.15, 0.2) is 5.78 Å². The lowest BCUT2D eigenvalue weighted by Crippen LogP contribution is -2.04. The largest absolute Gasteiger partial charge is 0.423 e. The van der Waals surface area contributed by atoms with Crippen LogP contribution < -0.4 is 4.74 Å². The number of esters is 1. The Morgan fingerprint density at radius 2 is 2.06 bits per heavy atom. The van der Waals surface area contributed by atoms with E-state index >= 15 is 0 Å². The second-order valence-corrected chi connectivity index (χ2v) is 3.97. The second kappa shape index (κ2) is 7.54. The molecule has 0 atom stereocenters. The number of alkyl halides is 1. The van der Waals surface area contributed by atoms with E-state index in [4.69, 9.17) is 21.6 Å². The van der Waals surface area contributed by atoms with Gasteiger partial charge in [-0.3, -0.25) is 4.79 Å². The first-order valence-corrected chi connectivity index (χ1v) is 6.21. The van der Waals surface area contributed by atoms with Crippen LogP contribution in [0.25, 0.3) is 0 Å². The normalized spacial score (nSPS) is 10.0. The van der Waals surface area contributed by atoms with Gasteiger partial charge in [0, 0.05) is 11.6 Å². The Kier molecular flexibility index (Phi) is 5.98. The van der Waals surface area contributed by atoms with Crippen molar-refractivity contribution in [1.82, 2.24) is 0 Å². The van der Waals surface area contributed by atoms with Gasteiger partial charge in [-0.05, 0) is 41.4 Å². The molecule has 0 saturated heterocycles. The minimum atomic E-state index is -0.589. The molecule has 0 heterocycles. The molecule has 0 radical (unpaired) electrons. The van der Waals surface area contributed by atoms with Crippen molar-refractivity contribution < 1.29 is 14.3 Å². The summed E-state index contributed by atoms with van der Waals surface area (Å²) in [5.41, 5.74) is 0.459. The van der Waals surface area contributed by atoms with Gasteiger partial charge in [0.05, 0.1) is 5.88 Å². The van der Waals surface area contributed by atoms with Crippen LogP contribution in [0, 0.1) is 10.7 Å². The number of ketones is 1. The molecule has 18 heavy (non-hydrogen) atoms. The zero-order chi connectivity index (χ0) is 13.4. The van der Waals surface area contributed by atoms with Crippen molar-refractivity contribution in [3.63, 3.8) is 0 Å². The number of hydrogen-bond donors (Lipinski definition) is 0. The first-order chi connectivity index (χ1) is 8.67. The SMILES string of the molecule is N#CS/C=C/C(=O)Oc1ccc(C(=O)CCl)cc1. The fraction of sp³-hybridized carbons (Fsp3) is 0.0833. The molecule has 0 aliphatic carbocycles. The van der Waals surface area contributed by atoms with Gasteiger partial charge in [0.25, 0.3) is 0 Å². The van der Waals surface area contributed by atoms with E-state index in [2.05, 4.69) is 0 Å². The molecule has 4 nitrogen and oxygen atoms in total. The molecule has 0 spiro atoms. The molecule has 1 aromatic rings. The molecule has 92 valence electrons. The lowest BCUT2D eigenvalue weighted by molar-refractivity contribution is -0.128. The van der Waals surface area contributed by atoms with Gasteiger partial charge in [0.1, 0.15) is 11.2 Å². The average Bonchev–Trinajstić information content (AvgIpc) is 2.39. The molecular formula is C12H8ClNO3S. The molecular weight excluding hydrogens is 274 g/mol. The zero-order valence-electron chi connectivity index (χ0n) is 9.13. The Bertz CT molecular complexity index is 505. The maximum atomic E-state index is 11.2. The standard InChI is InChI=1S/C12H8ClNO3S/c13-7-11(15)9-1-3-10(4-2-9)17-12(16)5-6-18-8-14/h1-6H,7H2/b6-5+. The van der Waals surface area contributed by atoms with Gasteiger partial charge in [0.2, 0.25) is 0 Å². The average molecular weight is 282 g/mol. The number of rotatable bonds is 5. The third-order valence-electron chi connectivity index (χ3n) is 1.84. The predicted octanol–water partition coefficient (Wildman–Crippen LogP) is 2.74. The number of ether oxygens (including phenoxy) is 1. The van der Waals surface area contributed by atoms with Crippen LogP contribution in [0.2, 0.25) is 0 Å². The van der Waals surface area contributed by atoms with Crippen molar-refractivity contribution in [3.05, 3.63) is 41.3 Å². The van der Waals surface area contributed by atoms with Crippen molar-refractivity contribution in [2.75, 3.05) is 5.88 Å². The summed E-state index contributed by atoms with van der Waals surface area (Å²) >= 11 is 6.23. The summed E-state index contributed by atoms with van der Waals surface area (Å²) < 4.78 is 4.94. The molecule has 6 heteroatoms. The number of nitriles is 1. The number of hydrogen-bond acceptors (Lipinski definition) is 5. The van der Waals surface area contributed by atoms with Crippen LogP contribution in [0.5, 0.6) is 5.75 Å². The van der Waals surface area contributed by atoms with Crippen molar-refractivity contribution in [2.45, 2.75) is 0 Å². The van der Waals surface area contributed by atoms with Gasteiger partial charge in [-0.2, -0.15) is 5.26 Å². The Labute approximate surface area is 113 Å². The number of thiocyanates is 1. The molecule has 0 N–H and O–H groups in total. The number of Topliss-reactive ketones (excluding diaryl/α,β-unsaturated/α-hetero) is 1. The zero-order valence-corrected chi connectivity index (χ0v) is 10.7. The summed E-state index contributed by atoms with van der Waals surface area (Å²) in [6.07, 6.45) is 1.14. The fourth-order valence-corrected chi connectivity index (χ4v) is 1.45. The number of halogens is 1. The first-order valence-electron chi connectivity index (χ1n) is 4.79. The van der Waals surface area contributed by atoms with Crippen LogP contribution in [-0.2, 0) is 4.79 Å². The topological polar surface area (TPSA) is 67.2 Å². The van der Waals surface area contributed by atoms with Crippen LogP contribution in [0.4, 0.5) is 0 Å². The maximum absolute atomic E-state index is 11.2. The highest BCUT2D eigenvalue weighted by Crippen LogP contribution is 2.13. The second-order valence-electron chi connectivity index (χ2n) is 3.01. The van der Waals surface area contributed by atoms with Crippen LogP contribution in [0.1, 0.15) is 10.4 Å². The first kappa shape index (κ1) is 14.3. The summed E-state index contributed by atoms with van der Waals surface area (Å²) in [6, 6.07) is 6.06. The van der Waals surface area contributed by atoms with Crippen molar-refractivity contribution in [3.8, 4) is 11.2 Å². The molecule has 0 amide bonds. The quantitative estimate of drug-likeness (QED) is 0.207. The van der Waals surface area contributed by atoms with Crippen molar-refractivity contribution in [2.24, 2.45) is 0 Å². The summed E-state index contributed by atoms with van der Waals surface area (Å²) in [5.74, 6) is -0.556. The molecule has 0 aliphatic rings. The lowest BCUT2D eigenvalue weighted by Gasteiger charge is -2.02. The highest BCUT2D eigenvalue weighted by molar-refractivity contribution is 8.06. The number of thioether (sulfide) groups is 1. The van der Waals surface area contributed by atoms with Crippen LogP contribution in [0.3, 0.4) is 0 Å². The van der Waals surface area contributed by atoms with Crippen molar-refractivity contribution in [1.29, 1.82) is 5.26 Å². The number of carbonyl (C=O) groups is 2. The van der Waals surface area contributed by atoms with E-state index in [9.17, 15) is 9.59 Å². The molecule has 0 saturated carbocycles. The predicted molar refractivity (Wildman–Crippen MR) is 69.5 cm³/mol. The fourth-order valence-electron chi connectivity index (χ4n) is 1.06. The van der Waals surface area contributed by atoms with E-state index in [1.54, 1.807) is 5.40 Å². The summed E-state index contributed by atoms with van der Waals surface area (Å²) in [4.78, 5) is 22.5. The van der Waals surface area contributed by atoms with Gasteiger partial charge in [-0.1, -0.05) is 0 Å². The van der Waals surface area contributed by atoms with Crippen LogP contribution in [0.15, 0.2) is 35.7 Å².